The second kappa shape index (κ2) is 6.93. The van der Waals surface area contributed by atoms with E-state index in [0.717, 1.165) is 31.3 Å². The summed E-state index contributed by atoms with van der Waals surface area (Å²) in [4.78, 5) is 15.6. The largest absolute Gasteiger partial charge is 0.508 e. The van der Waals surface area contributed by atoms with Crippen molar-refractivity contribution < 1.29 is 9.90 Å². The summed E-state index contributed by atoms with van der Waals surface area (Å²) in [7, 11) is 0. The Morgan fingerprint density at radius 2 is 1.89 bits per heavy atom. The fourth-order valence-electron chi connectivity index (χ4n) is 6.67. The van der Waals surface area contributed by atoms with Crippen molar-refractivity contribution in [2.75, 3.05) is 0 Å². The molecule has 0 aromatic heterocycles. The normalized spacial score (nSPS) is 31.2. The number of aryl methyl sites for hydroxylation is 1. The van der Waals surface area contributed by atoms with Gasteiger partial charge in [0.1, 0.15) is 5.75 Å². The second-order valence-corrected chi connectivity index (χ2v) is 10.0. The van der Waals surface area contributed by atoms with E-state index >= 15 is 0 Å². The molecule has 1 amide bonds. The maximum Gasteiger partial charge on any atom is 0.250 e. The third-order valence-electron chi connectivity index (χ3n) is 7.87. The zero-order chi connectivity index (χ0) is 20.2. The minimum atomic E-state index is 0.00863. The molecule has 0 heterocycles. The van der Waals surface area contributed by atoms with Crippen LogP contribution in [0.1, 0.15) is 77.3 Å². The van der Waals surface area contributed by atoms with E-state index in [4.69, 9.17) is 0 Å². The minimum Gasteiger partial charge on any atom is -0.508 e. The fraction of sp³-hybridized carbons (Fsp3) is 0.640. The molecule has 0 bridgehead atoms. The number of allylic oxidation sites excluding steroid dienone is 1. The van der Waals surface area contributed by atoms with E-state index < -0.39 is 0 Å². The van der Waals surface area contributed by atoms with Crippen LogP contribution in [0.4, 0.5) is 0 Å². The van der Waals surface area contributed by atoms with Gasteiger partial charge in [0, 0.05) is 23.1 Å². The van der Waals surface area contributed by atoms with Crippen molar-refractivity contribution in [3.63, 3.8) is 0 Å². The number of hydrogen-bond donors (Lipinski definition) is 1. The number of rotatable bonds is 3. The van der Waals surface area contributed by atoms with Crippen LogP contribution in [0, 0.1) is 17.3 Å². The van der Waals surface area contributed by atoms with Gasteiger partial charge in [-0.3, -0.25) is 4.79 Å². The first-order valence-corrected chi connectivity index (χ1v) is 11.1. The highest BCUT2D eigenvalue weighted by Gasteiger charge is 2.53. The number of nitrogens with zero attached hydrogens (tertiary/aromatic N) is 1. The SMILES string of the molecule is CC(C)N(C(=O)C1=CCC2C3CCc4cc(O)ccc4C3CCC12C)C(C)C. The van der Waals surface area contributed by atoms with Gasteiger partial charge < -0.3 is 10.0 Å². The van der Waals surface area contributed by atoms with Gasteiger partial charge in [-0.25, -0.2) is 0 Å². The molecular weight excluding hydrogens is 346 g/mol. The lowest BCUT2D eigenvalue weighted by Gasteiger charge is -2.50. The molecule has 4 unspecified atom stereocenters. The molecule has 1 fully saturated rings. The molecule has 0 aliphatic heterocycles. The van der Waals surface area contributed by atoms with Gasteiger partial charge in [-0.15, -0.1) is 0 Å². The Balaban J connectivity index is 1.62. The molecule has 0 saturated heterocycles. The van der Waals surface area contributed by atoms with Crippen molar-refractivity contribution in [1.29, 1.82) is 0 Å². The predicted molar refractivity (Wildman–Crippen MR) is 113 cm³/mol. The Bertz CT molecular complexity index is 801. The first-order chi connectivity index (χ1) is 13.2. The molecule has 1 saturated carbocycles. The molecule has 1 aromatic rings. The van der Waals surface area contributed by atoms with E-state index in [2.05, 4.69) is 51.7 Å². The maximum atomic E-state index is 13.5. The Morgan fingerprint density at radius 3 is 2.57 bits per heavy atom. The number of hydrogen-bond acceptors (Lipinski definition) is 2. The number of carbonyl (C=O) groups excluding carboxylic acids is 1. The van der Waals surface area contributed by atoms with Crippen LogP contribution >= 0.6 is 0 Å². The van der Waals surface area contributed by atoms with Gasteiger partial charge >= 0.3 is 0 Å². The summed E-state index contributed by atoms with van der Waals surface area (Å²) in [5.74, 6) is 2.43. The Hall–Kier alpha value is -1.77. The lowest BCUT2D eigenvalue weighted by atomic mass is 9.54. The summed E-state index contributed by atoms with van der Waals surface area (Å²) in [6.45, 7) is 10.8. The van der Waals surface area contributed by atoms with E-state index in [1.807, 2.05) is 12.1 Å². The molecule has 4 rings (SSSR count). The second-order valence-electron chi connectivity index (χ2n) is 10.0. The van der Waals surface area contributed by atoms with Gasteiger partial charge in [0.05, 0.1) is 0 Å². The molecule has 152 valence electrons. The number of phenolic OH excluding ortho intramolecular Hbond substituents is 1. The third kappa shape index (κ3) is 2.89. The molecule has 1 N–H and O–H groups in total. The summed E-state index contributed by atoms with van der Waals surface area (Å²) in [5, 5.41) is 9.86. The quantitative estimate of drug-likeness (QED) is 0.758. The van der Waals surface area contributed by atoms with Crippen molar-refractivity contribution >= 4 is 5.91 Å². The topological polar surface area (TPSA) is 40.5 Å². The van der Waals surface area contributed by atoms with E-state index in [-0.39, 0.29) is 23.4 Å². The van der Waals surface area contributed by atoms with Crippen LogP contribution < -0.4 is 0 Å². The molecule has 0 spiro atoms. The van der Waals surface area contributed by atoms with Gasteiger partial charge in [0.25, 0.3) is 0 Å². The van der Waals surface area contributed by atoms with Crippen molar-refractivity contribution in [3.8, 4) is 5.75 Å². The van der Waals surface area contributed by atoms with Crippen molar-refractivity contribution in [2.24, 2.45) is 17.3 Å². The van der Waals surface area contributed by atoms with Crippen LogP contribution in [0.2, 0.25) is 0 Å². The van der Waals surface area contributed by atoms with Crippen LogP contribution in [0.5, 0.6) is 5.75 Å². The standard InChI is InChI=1S/C25H35NO2/c1-15(2)26(16(3)4)24(28)23-11-10-22-21-8-6-17-14-18(27)7-9-19(17)20(21)12-13-25(22,23)5/h7,9,11,14-16,20-22,27H,6,8,10,12-13H2,1-5H3. The van der Waals surface area contributed by atoms with Crippen molar-refractivity contribution in [1.82, 2.24) is 4.90 Å². The smallest absolute Gasteiger partial charge is 0.250 e. The molecule has 3 nitrogen and oxygen atoms in total. The third-order valence-corrected chi connectivity index (χ3v) is 7.87. The molecule has 28 heavy (non-hydrogen) atoms. The summed E-state index contributed by atoms with van der Waals surface area (Å²) in [6.07, 6.45) is 7.76. The number of benzene rings is 1. The Kier molecular flexibility index (Phi) is 4.84. The highest BCUT2D eigenvalue weighted by Crippen LogP contribution is 2.61. The summed E-state index contributed by atoms with van der Waals surface area (Å²) in [5.41, 5.74) is 3.86. The highest BCUT2D eigenvalue weighted by molar-refractivity contribution is 5.95. The molecule has 4 atom stereocenters. The van der Waals surface area contributed by atoms with Gasteiger partial charge in [-0.05, 0) is 101 Å². The number of aromatic hydroxyl groups is 1. The van der Waals surface area contributed by atoms with Gasteiger partial charge in [-0.1, -0.05) is 19.1 Å². The average Bonchev–Trinajstić information content (AvgIpc) is 2.97. The average molecular weight is 382 g/mol. The van der Waals surface area contributed by atoms with E-state index in [9.17, 15) is 9.90 Å². The molecule has 3 aliphatic rings. The molecule has 1 aromatic carbocycles. The highest BCUT2D eigenvalue weighted by atomic mass is 16.3. The summed E-state index contributed by atoms with van der Waals surface area (Å²) < 4.78 is 0. The van der Waals surface area contributed by atoms with E-state index in [0.29, 0.717) is 23.5 Å². The van der Waals surface area contributed by atoms with Crippen LogP contribution in [0.25, 0.3) is 0 Å². The zero-order valence-corrected chi connectivity index (χ0v) is 18.0. The molecule has 3 heteroatoms. The fourth-order valence-corrected chi connectivity index (χ4v) is 6.67. The maximum absolute atomic E-state index is 13.5. The number of amides is 1. The molecular formula is C25H35NO2. The van der Waals surface area contributed by atoms with Crippen molar-refractivity contribution in [2.45, 2.75) is 84.7 Å². The van der Waals surface area contributed by atoms with E-state index in [1.54, 1.807) is 0 Å². The summed E-state index contributed by atoms with van der Waals surface area (Å²) in [6, 6.07) is 6.41. The number of phenols is 1. The van der Waals surface area contributed by atoms with Crippen LogP contribution in [0.15, 0.2) is 29.8 Å². The first-order valence-electron chi connectivity index (χ1n) is 11.1. The first kappa shape index (κ1) is 19.5. The number of carbonyl (C=O) groups is 1. The number of fused-ring (bicyclic) bond motifs is 5. The summed E-state index contributed by atoms with van der Waals surface area (Å²) >= 11 is 0. The Morgan fingerprint density at radius 1 is 1.18 bits per heavy atom. The lowest BCUT2D eigenvalue weighted by molar-refractivity contribution is -0.132. The van der Waals surface area contributed by atoms with Gasteiger partial charge in [-0.2, -0.15) is 0 Å². The monoisotopic (exact) mass is 381 g/mol. The van der Waals surface area contributed by atoms with Gasteiger partial charge in [0.15, 0.2) is 0 Å². The predicted octanol–water partition coefficient (Wildman–Crippen LogP) is 5.43. The lowest BCUT2D eigenvalue weighted by Crippen LogP contribution is -2.48. The molecule has 0 radical (unpaired) electrons. The van der Waals surface area contributed by atoms with Gasteiger partial charge in [0.2, 0.25) is 5.91 Å². The zero-order valence-electron chi connectivity index (χ0n) is 18.0. The van der Waals surface area contributed by atoms with Crippen LogP contribution in [-0.2, 0) is 11.2 Å². The Labute approximate surface area is 169 Å². The van der Waals surface area contributed by atoms with E-state index in [1.165, 1.54) is 17.5 Å². The molecule has 3 aliphatic carbocycles. The van der Waals surface area contributed by atoms with Crippen LogP contribution in [-0.4, -0.2) is 28.0 Å². The minimum absolute atomic E-state index is 0.00863. The van der Waals surface area contributed by atoms with Crippen molar-refractivity contribution in [3.05, 3.63) is 41.0 Å². The van der Waals surface area contributed by atoms with Crippen LogP contribution in [0.3, 0.4) is 0 Å².